The fourth-order valence-electron chi connectivity index (χ4n) is 3.34. The van der Waals surface area contributed by atoms with Gasteiger partial charge in [0.05, 0.1) is 11.4 Å². The molecule has 0 atom stereocenters. The molecular weight excluding hydrogens is 392 g/mol. The zero-order valence-electron chi connectivity index (χ0n) is 15.5. The Morgan fingerprint density at radius 3 is 2.48 bits per heavy atom. The van der Waals surface area contributed by atoms with Gasteiger partial charge in [0, 0.05) is 35.3 Å². The number of primary amides is 1. The Hall–Kier alpha value is -3.32. The van der Waals surface area contributed by atoms with Crippen LogP contribution in [0.5, 0.6) is 0 Å². The molecule has 1 aliphatic rings. The lowest BCUT2D eigenvalue weighted by Gasteiger charge is -2.22. The molecule has 1 saturated heterocycles. The summed E-state index contributed by atoms with van der Waals surface area (Å²) in [4.78, 5) is 26.5. The number of carbonyl (C=O) groups excluding carboxylic acids is 2. The first-order chi connectivity index (χ1) is 14.0. The molecule has 0 saturated carbocycles. The molecule has 3 aromatic rings. The molecule has 1 aromatic heterocycles. The Morgan fingerprint density at radius 2 is 1.79 bits per heavy atom. The smallest absolute Gasteiger partial charge is 0.277 e. The number of benzene rings is 2. The van der Waals surface area contributed by atoms with Crippen LogP contribution in [0.1, 0.15) is 33.7 Å². The van der Waals surface area contributed by atoms with Gasteiger partial charge in [-0.1, -0.05) is 16.8 Å². The number of amides is 2. The van der Waals surface area contributed by atoms with Crippen molar-refractivity contribution >= 4 is 34.8 Å². The highest BCUT2D eigenvalue weighted by atomic mass is 35.5. The van der Waals surface area contributed by atoms with Crippen molar-refractivity contribution in [3.63, 3.8) is 0 Å². The van der Waals surface area contributed by atoms with Crippen molar-refractivity contribution in [1.82, 2.24) is 5.16 Å². The second-order valence-electron chi connectivity index (χ2n) is 6.83. The third-order valence-corrected chi connectivity index (χ3v) is 5.10. The minimum absolute atomic E-state index is 0.131. The summed E-state index contributed by atoms with van der Waals surface area (Å²) in [6.07, 6.45) is 2.16. The Kier molecular flexibility index (Phi) is 5.22. The maximum Gasteiger partial charge on any atom is 0.277 e. The fourth-order valence-corrected chi connectivity index (χ4v) is 3.47. The van der Waals surface area contributed by atoms with Crippen molar-refractivity contribution in [1.29, 1.82) is 0 Å². The number of hydrogen-bond donors (Lipinski definition) is 2. The molecule has 2 aromatic carbocycles. The highest BCUT2D eigenvalue weighted by Crippen LogP contribution is 2.31. The number of nitrogens with zero attached hydrogens (tertiary/aromatic N) is 2. The third kappa shape index (κ3) is 4.09. The van der Waals surface area contributed by atoms with Crippen LogP contribution in [-0.2, 0) is 0 Å². The molecule has 3 N–H and O–H groups in total. The molecule has 148 valence electrons. The van der Waals surface area contributed by atoms with Gasteiger partial charge in [-0.15, -0.1) is 0 Å². The Bertz CT molecular complexity index is 1060. The standard InChI is InChI=1S/C21H19ClN4O3/c22-15-6-3-13(4-7-15)19-12-17(25-29-19)21(28)24-16-11-14(20(23)27)5-8-18(16)26-9-1-2-10-26/h3-8,11-12H,1-2,9-10H2,(H2,23,27)(H,24,28). The van der Waals surface area contributed by atoms with Gasteiger partial charge < -0.3 is 20.5 Å². The molecule has 0 unspecified atom stereocenters. The first kappa shape index (κ1) is 19.0. The molecule has 1 fully saturated rings. The van der Waals surface area contributed by atoms with Crippen molar-refractivity contribution in [2.45, 2.75) is 12.8 Å². The number of rotatable bonds is 5. The number of nitrogens with two attached hydrogens (primary N) is 1. The minimum Gasteiger partial charge on any atom is -0.370 e. The second kappa shape index (κ2) is 7.97. The minimum atomic E-state index is -0.556. The lowest BCUT2D eigenvalue weighted by molar-refractivity contribution is 0.0994. The van der Waals surface area contributed by atoms with Gasteiger partial charge in [-0.2, -0.15) is 0 Å². The van der Waals surface area contributed by atoms with Crippen molar-refractivity contribution in [2.24, 2.45) is 5.73 Å². The fraction of sp³-hybridized carbons (Fsp3) is 0.190. The van der Waals surface area contributed by atoms with E-state index < -0.39 is 11.8 Å². The molecule has 0 bridgehead atoms. The zero-order chi connectivity index (χ0) is 20.4. The summed E-state index contributed by atoms with van der Waals surface area (Å²) < 4.78 is 5.30. The van der Waals surface area contributed by atoms with Crippen LogP contribution in [0.2, 0.25) is 5.02 Å². The number of hydrogen-bond acceptors (Lipinski definition) is 5. The van der Waals surface area contributed by atoms with E-state index in [-0.39, 0.29) is 5.69 Å². The molecule has 2 heterocycles. The van der Waals surface area contributed by atoms with E-state index in [2.05, 4.69) is 15.4 Å². The first-order valence-corrected chi connectivity index (χ1v) is 9.62. The summed E-state index contributed by atoms with van der Waals surface area (Å²) in [5, 5.41) is 7.32. The van der Waals surface area contributed by atoms with E-state index >= 15 is 0 Å². The van der Waals surface area contributed by atoms with Gasteiger partial charge in [-0.3, -0.25) is 9.59 Å². The first-order valence-electron chi connectivity index (χ1n) is 9.24. The van der Waals surface area contributed by atoms with Crippen LogP contribution >= 0.6 is 11.6 Å². The van der Waals surface area contributed by atoms with E-state index in [0.29, 0.717) is 22.0 Å². The quantitative estimate of drug-likeness (QED) is 0.663. The van der Waals surface area contributed by atoms with E-state index in [4.69, 9.17) is 21.9 Å². The molecule has 8 heteroatoms. The summed E-state index contributed by atoms with van der Waals surface area (Å²) in [7, 11) is 0. The molecular formula is C21H19ClN4O3. The van der Waals surface area contributed by atoms with Crippen LogP contribution in [0.25, 0.3) is 11.3 Å². The summed E-state index contributed by atoms with van der Waals surface area (Å²) >= 11 is 5.90. The van der Waals surface area contributed by atoms with Crippen molar-refractivity contribution in [3.05, 3.63) is 64.8 Å². The Balaban J connectivity index is 1.60. The van der Waals surface area contributed by atoms with Gasteiger partial charge in [0.1, 0.15) is 0 Å². The van der Waals surface area contributed by atoms with Gasteiger partial charge in [0.25, 0.3) is 5.91 Å². The van der Waals surface area contributed by atoms with Gasteiger partial charge in [-0.05, 0) is 55.3 Å². The van der Waals surface area contributed by atoms with Crippen molar-refractivity contribution < 1.29 is 14.1 Å². The summed E-state index contributed by atoms with van der Waals surface area (Å²) in [6, 6.07) is 13.7. The van der Waals surface area contributed by atoms with E-state index in [1.807, 2.05) is 6.07 Å². The van der Waals surface area contributed by atoms with Crippen LogP contribution in [0.4, 0.5) is 11.4 Å². The number of aromatic nitrogens is 1. The molecule has 7 nitrogen and oxygen atoms in total. The van der Waals surface area contributed by atoms with Gasteiger partial charge in [-0.25, -0.2) is 0 Å². The topological polar surface area (TPSA) is 101 Å². The van der Waals surface area contributed by atoms with Crippen LogP contribution < -0.4 is 16.0 Å². The van der Waals surface area contributed by atoms with Crippen LogP contribution in [0.3, 0.4) is 0 Å². The van der Waals surface area contributed by atoms with Crippen molar-refractivity contribution in [3.8, 4) is 11.3 Å². The van der Waals surface area contributed by atoms with Crippen LogP contribution in [-0.4, -0.2) is 30.1 Å². The average Bonchev–Trinajstić information content (AvgIpc) is 3.41. The monoisotopic (exact) mass is 410 g/mol. The number of anilines is 2. The maximum absolute atomic E-state index is 12.8. The highest BCUT2D eigenvalue weighted by Gasteiger charge is 2.20. The summed E-state index contributed by atoms with van der Waals surface area (Å²) in [5.74, 6) is -0.534. The molecule has 29 heavy (non-hydrogen) atoms. The van der Waals surface area contributed by atoms with Gasteiger partial charge >= 0.3 is 0 Å². The number of halogens is 1. The van der Waals surface area contributed by atoms with E-state index in [1.165, 1.54) is 0 Å². The predicted molar refractivity (Wildman–Crippen MR) is 111 cm³/mol. The van der Waals surface area contributed by atoms with Crippen LogP contribution in [0.15, 0.2) is 53.1 Å². The van der Waals surface area contributed by atoms with E-state index in [9.17, 15) is 9.59 Å². The number of carbonyl (C=O) groups is 2. The highest BCUT2D eigenvalue weighted by molar-refractivity contribution is 6.30. The lowest BCUT2D eigenvalue weighted by atomic mass is 10.1. The molecule has 2 amide bonds. The van der Waals surface area contributed by atoms with E-state index in [0.717, 1.165) is 37.2 Å². The molecule has 0 spiro atoms. The summed E-state index contributed by atoms with van der Waals surface area (Å²) in [5.41, 5.74) is 7.99. The van der Waals surface area contributed by atoms with E-state index in [1.54, 1.807) is 42.5 Å². The Labute approximate surface area is 172 Å². The maximum atomic E-state index is 12.8. The molecule has 4 rings (SSSR count). The third-order valence-electron chi connectivity index (χ3n) is 4.85. The van der Waals surface area contributed by atoms with Crippen molar-refractivity contribution in [2.75, 3.05) is 23.3 Å². The predicted octanol–water partition coefficient (Wildman–Crippen LogP) is 3.95. The average molecular weight is 411 g/mol. The normalized spacial score (nSPS) is 13.5. The molecule has 1 aliphatic heterocycles. The van der Waals surface area contributed by atoms with Gasteiger partial charge in [0.2, 0.25) is 5.91 Å². The van der Waals surface area contributed by atoms with Crippen LogP contribution in [0, 0.1) is 0 Å². The zero-order valence-corrected chi connectivity index (χ0v) is 16.3. The SMILES string of the molecule is NC(=O)c1ccc(N2CCCC2)c(NC(=O)c2cc(-c3ccc(Cl)cc3)on2)c1. The van der Waals surface area contributed by atoms with Gasteiger partial charge in [0.15, 0.2) is 11.5 Å². The lowest BCUT2D eigenvalue weighted by Crippen LogP contribution is -2.22. The molecule has 0 radical (unpaired) electrons. The molecule has 0 aliphatic carbocycles. The number of nitrogens with one attached hydrogen (secondary N) is 1. The second-order valence-corrected chi connectivity index (χ2v) is 7.26. The Morgan fingerprint density at radius 1 is 1.07 bits per heavy atom. The summed E-state index contributed by atoms with van der Waals surface area (Å²) in [6.45, 7) is 1.78. The largest absolute Gasteiger partial charge is 0.370 e.